The molecule has 0 aliphatic carbocycles. The highest BCUT2D eigenvalue weighted by molar-refractivity contribution is 5.97. The minimum atomic E-state index is -4.98. The van der Waals surface area contributed by atoms with E-state index in [0.717, 1.165) is 53.7 Å². The molecule has 4 nitrogen and oxygen atoms in total. The first-order valence-electron chi connectivity index (χ1n) is 13.9. The third-order valence-electron chi connectivity index (χ3n) is 7.03. The Labute approximate surface area is 234 Å². The number of amides is 1. The first-order valence-corrected chi connectivity index (χ1v) is 13.9. The largest absolute Gasteiger partial charge is 0.471 e. The van der Waals surface area contributed by atoms with Crippen molar-refractivity contribution in [1.82, 2.24) is 0 Å². The second-order valence-electron chi connectivity index (χ2n) is 9.88. The topological polar surface area (TPSA) is 38.8 Å². The number of hydrogen-bond donors (Lipinski definition) is 0. The molecule has 0 saturated carbocycles. The minimum Gasteiger partial charge on any atom is -0.353 e. The molecule has 0 spiro atoms. The van der Waals surface area contributed by atoms with Gasteiger partial charge in [-0.25, -0.2) is 0 Å². The number of carbonyl (C=O) groups excluding carboxylic acids is 1. The fraction of sp³-hybridized carbons (Fsp3) is 0.364. The molecule has 1 amide bonds. The van der Waals surface area contributed by atoms with Crippen LogP contribution in [0.3, 0.4) is 0 Å². The van der Waals surface area contributed by atoms with E-state index in [1.54, 1.807) is 24.3 Å². The van der Waals surface area contributed by atoms with E-state index in [-0.39, 0.29) is 31.5 Å². The van der Waals surface area contributed by atoms with E-state index < -0.39 is 12.1 Å². The quantitative estimate of drug-likeness (QED) is 0.227. The van der Waals surface area contributed by atoms with Crippen LogP contribution < -0.4 is 4.90 Å². The SMILES string of the molecule is CCC(Cc1ccccc1)=C(c1ccccc1)c1ccc(N(CCCOC2CCCCO2)C(=O)C(F)(F)F)cc1. The van der Waals surface area contributed by atoms with Gasteiger partial charge in [-0.05, 0) is 72.9 Å². The number of rotatable bonds is 11. The highest BCUT2D eigenvalue weighted by Gasteiger charge is 2.43. The normalized spacial score (nSPS) is 16.4. The Bertz CT molecular complexity index is 1240. The van der Waals surface area contributed by atoms with Gasteiger partial charge in [0.05, 0.1) is 6.61 Å². The third-order valence-corrected chi connectivity index (χ3v) is 7.03. The Balaban J connectivity index is 1.59. The van der Waals surface area contributed by atoms with Crippen molar-refractivity contribution >= 4 is 17.2 Å². The standard InChI is InChI=1S/C33H36F3NO3/c1-2-26(24-25-12-5-3-6-13-25)31(27-14-7-4-8-15-27)28-17-19-29(20-18-28)37(32(38)33(34,35)36)21-11-23-40-30-16-9-10-22-39-30/h3-8,12-15,17-20,30H,2,9-11,16,21-24H2,1H3. The lowest BCUT2D eigenvalue weighted by Gasteiger charge is -2.26. The Kier molecular flexibility index (Phi) is 10.6. The molecule has 4 rings (SSSR count). The summed E-state index contributed by atoms with van der Waals surface area (Å²) in [6.45, 7) is 2.84. The van der Waals surface area contributed by atoms with E-state index in [9.17, 15) is 18.0 Å². The molecular formula is C33H36F3NO3. The van der Waals surface area contributed by atoms with Gasteiger partial charge in [-0.15, -0.1) is 0 Å². The number of carbonyl (C=O) groups is 1. The molecule has 1 saturated heterocycles. The van der Waals surface area contributed by atoms with Crippen molar-refractivity contribution < 1.29 is 27.4 Å². The molecule has 0 bridgehead atoms. The summed E-state index contributed by atoms with van der Waals surface area (Å²) in [5.74, 6) is -1.88. The second kappa shape index (κ2) is 14.3. The van der Waals surface area contributed by atoms with Crippen LogP contribution >= 0.6 is 0 Å². The van der Waals surface area contributed by atoms with E-state index in [2.05, 4.69) is 19.1 Å². The molecule has 7 heteroatoms. The highest BCUT2D eigenvalue weighted by Crippen LogP contribution is 2.32. The van der Waals surface area contributed by atoms with Crippen LogP contribution in [0, 0.1) is 0 Å². The molecule has 1 aliphatic rings. The summed E-state index contributed by atoms with van der Waals surface area (Å²) in [6, 6.07) is 27.0. The highest BCUT2D eigenvalue weighted by atomic mass is 19.4. The Morgan fingerprint density at radius 2 is 1.57 bits per heavy atom. The van der Waals surface area contributed by atoms with Crippen molar-refractivity contribution in [1.29, 1.82) is 0 Å². The maximum absolute atomic E-state index is 13.5. The molecule has 1 unspecified atom stereocenters. The monoisotopic (exact) mass is 551 g/mol. The number of hydrogen-bond acceptors (Lipinski definition) is 3. The lowest BCUT2D eigenvalue weighted by atomic mass is 9.88. The molecule has 3 aromatic rings. The molecular weight excluding hydrogens is 515 g/mol. The van der Waals surface area contributed by atoms with Gasteiger partial charge in [-0.2, -0.15) is 13.2 Å². The van der Waals surface area contributed by atoms with Gasteiger partial charge in [-0.1, -0.05) is 85.3 Å². The van der Waals surface area contributed by atoms with Gasteiger partial charge in [0.1, 0.15) is 0 Å². The molecule has 1 atom stereocenters. The zero-order valence-corrected chi connectivity index (χ0v) is 22.8. The molecule has 0 aromatic heterocycles. The van der Waals surface area contributed by atoms with Crippen molar-refractivity contribution in [2.24, 2.45) is 0 Å². The van der Waals surface area contributed by atoms with Crippen LogP contribution in [0.5, 0.6) is 0 Å². The van der Waals surface area contributed by atoms with Crippen molar-refractivity contribution in [3.05, 3.63) is 107 Å². The molecule has 1 fully saturated rings. The predicted octanol–water partition coefficient (Wildman–Crippen LogP) is 7.97. The van der Waals surface area contributed by atoms with E-state index in [1.165, 1.54) is 11.1 Å². The summed E-state index contributed by atoms with van der Waals surface area (Å²) in [4.78, 5) is 13.2. The second-order valence-corrected chi connectivity index (χ2v) is 9.88. The zero-order valence-electron chi connectivity index (χ0n) is 22.8. The van der Waals surface area contributed by atoms with E-state index in [0.29, 0.717) is 6.61 Å². The summed E-state index contributed by atoms with van der Waals surface area (Å²) >= 11 is 0. The summed E-state index contributed by atoms with van der Waals surface area (Å²) in [5, 5.41) is 0. The average molecular weight is 552 g/mol. The van der Waals surface area contributed by atoms with Gasteiger partial charge in [0, 0.05) is 18.8 Å². The van der Waals surface area contributed by atoms with E-state index >= 15 is 0 Å². The number of allylic oxidation sites excluding steroid dienone is 1. The van der Waals surface area contributed by atoms with Crippen molar-refractivity contribution in [2.75, 3.05) is 24.7 Å². The molecule has 1 aliphatic heterocycles. The van der Waals surface area contributed by atoms with Crippen LogP contribution in [0.4, 0.5) is 18.9 Å². The van der Waals surface area contributed by atoms with Crippen LogP contribution in [0.1, 0.15) is 55.7 Å². The Morgan fingerprint density at radius 3 is 2.17 bits per heavy atom. The maximum atomic E-state index is 13.5. The summed E-state index contributed by atoms with van der Waals surface area (Å²) in [6.07, 6.45) is -0.726. The van der Waals surface area contributed by atoms with Crippen molar-refractivity contribution in [3.63, 3.8) is 0 Å². The summed E-state index contributed by atoms with van der Waals surface area (Å²) in [7, 11) is 0. The maximum Gasteiger partial charge on any atom is 0.471 e. The van der Waals surface area contributed by atoms with Gasteiger partial charge < -0.3 is 14.4 Å². The lowest BCUT2D eigenvalue weighted by Crippen LogP contribution is -2.42. The van der Waals surface area contributed by atoms with Gasteiger partial charge in [0.25, 0.3) is 0 Å². The number of alkyl halides is 3. The summed E-state index contributed by atoms with van der Waals surface area (Å²) in [5.41, 5.74) is 5.58. The molecule has 212 valence electrons. The number of ether oxygens (including phenoxy) is 2. The Morgan fingerprint density at radius 1 is 0.925 bits per heavy atom. The molecule has 40 heavy (non-hydrogen) atoms. The van der Waals surface area contributed by atoms with Crippen LogP contribution in [-0.2, 0) is 20.7 Å². The van der Waals surface area contributed by atoms with Crippen LogP contribution in [0.25, 0.3) is 5.57 Å². The molecule has 3 aromatic carbocycles. The molecule has 0 radical (unpaired) electrons. The number of nitrogens with zero attached hydrogens (tertiary/aromatic N) is 1. The van der Waals surface area contributed by atoms with Crippen molar-refractivity contribution in [2.45, 2.75) is 57.9 Å². The lowest BCUT2D eigenvalue weighted by molar-refractivity contribution is -0.171. The van der Waals surface area contributed by atoms with Crippen LogP contribution in [0.15, 0.2) is 90.5 Å². The number of benzene rings is 3. The van der Waals surface area contributed by atoms with Gasteiger partial charge >= 0.3 is 12.1 Å². The van der Waals surface area contributed by atoms with E-state index in [1.807, 2.05) is 48.5 Å². The fourth-order valence-electron chi connectivity index (χ4n) is 5.00. The molecule has 1 heterocycles. The first kappa shape index (κ1) is 29.6. The van der Waals surface area contributed by atoms with Gasteiger partial charge in [0.2, 0.25) is 0 Å². The van der Waals surface area contributed by atoms with Crippen LogP contribution in [0.2, 0.25) is 0 Å². The third kappa shape index (κ3) is 8.05. The van der Waals surface area contributed by atoms with Gasteiger partial charge in [0.15, 0.2) is 6.29 Å². The summed E-state index contributed by atoms with van der Waals surface area (Å²) < 4.78 is 51.8. The van der Waals surface area contributed by atoms with Crippen molar-refractivity contribution in [3.8, 4) is 0 Å². The van der Waals surface area contributed by atoms with Crippen LogP contribution in [-0.4, -0.2) is 38.1 Å². The smallest absolute Gasteiger partial charge is 0.353 e. The number of anilines is 1. The first-order chi connectivity index (χ1) is 19.4. The Hall–Kier alpha value is -3.42. The van der Waals surface area contributed by atoms with Gasteiger partial charge in [-0.3, -0.25) is 4.79 Å². The van der Waals surface area contributed by atoms with E-state index in [4.69, 9.17) is 9.47 Å². The minimum absolute atomic E-state index is 0.111. The average Bonchev–Trinajstić information content (AvgIpc) is 2.98. The predicted molar refractivity (Wildman–Crippen MR) is 152 cm³/mol. The number of halogens is 3. The fourth-order valence-corrected chi connectivity index (χ4v) is 5.00. The zero-order chi connectivity index (χ0) is 28.4. The molecule has 0 N–H and O–H groups in total.